The van der Waals surface area contributed by atoms with E-state index in [0.717, 1.165) is 47.7 Å². The topological polar surface area (TPSA) is 73.9 Å². The summed E-state index contributed by atoms with van der Waals surface area (Å²) in [6.45, 7) is 5.24. The van der Waals surface area contributed by atoms with E-state index < -0.39 is 0 Å². The number of nitrogens with zero attached hydrogens (tertiary/aromatic N) is 3. The van der Waals surface area contributed by atoms with E-state index in [9.17, 15) is 4.79 Å². The van der Waals surface area contributed by atoms with E-state index in [-0.39, 0.29) is 11.9 Å². The van der Waals surface area contributed by atoms with Crippen molar-refractivity contribution in [3.63, 3.8) is 0 Å². The van der Waals surface area contributed by atoms with Crippen LogP contribution in [0.25, 0.3) is 10.9 Å². The highest BCUT2D eigenvalue weighted by atomic mass is 32.2. The van der Waals surface area contributed by atoms with Gasteiger partial charge in [0, 0.05) is 34.5 Å². The van der Waals surface area contributed by atoms with E-state index in [1.54, 1.807) is 11.8 Å². The van der Waals surface area contributed by atoms with Crippen molar-refractivity contribution in [3.05, 3.63) is 53.0 Å². The van der Waals surface area contributed by atoms with Gasteiger partial charge in [0.1, 0.15) is 6.04 Å². The summed E-state index contributed by atoms with van der Waals surface area (Å²) < 4.78 is 0. The number of H-pyrrole nitrogens is 1. The number of hydrogen-bond acceptors (Lipinski definition) is 5. The molecule has 0 saturated carbocycles. The second-order valence-electron chi connectivity index (χ2n) is 7.59. The van der Waals surface area contributed by atoms with Gasteiger partial charge >= 0.3 is 0 Å². The Hall–Kier alpha value is -2.54. The number of thioether (sulfide) groups is 1. The first-order valence-electron chi connectivity index (χ1n) is 10.00. The molecule has 0 fully saturated rings. The standard InChI is InChI=1S/C22H27N5OS/c1-14-12-15(2)24-22(23-14)26-19(9-11-29-3)21(28)27-10-8-17-16-6-4-5-7-18(16)25-20(17)13-27/h4-7,12,19,25H,8-11,13H2,1-3H3,(H,23,24,26)/t19-/m0/s1. The van der Waals surface area contributed by atoms with Gasteiger partial charge in [-0.15, -0.1) is 0 Å². The third-order valence-corrected chi connectivity index (χ3v) is 6.03. The highest BCUT2D eigenvalue weighted by Gasteiger charge is 2.29. The Balaban J connectivity index is 1.54. The summed E-state index contributed by atoms with van der Waals surface area (Å²) in [6.07, 6.45) is 3.68. The minimum atomic E-state index is -0.324. The van der Waals surface area contributed by atoms with Crippen molar-refractivity contribution >= 4 is 34.5 Å². The molecule has 1 aromatic carbocycles. The maximum absolute atomic E-state index is 13.4. The predicted molar refractivity (Wildman–Crippen MR) is 119 cm³/mol. The number of rotatable bonds is 6. The molecule has 0 spiro atoms. The van der Waals surface area contributed by atoms with Crippen LogP contribution in [-0.2, 0) is 17.8 Å². The number of hydrogen-bond donors (Lipinski definition) is 2. The molecule has 6 nitrogen and oxygen atoms in total. The Morgan fingerprint density at radius 3 is 2.79 bits per heavy atom. The molecule has 3 heterocycles. The fourth-order valence-electron chi connectivity index (χ4n) is 4.04. The van der Waals surface area contributed by atoms with Crippen LogP contribution in [0.2, 0.25) is 0 Å². The largest absolute Gasteiger partial charge is 0.357 e. The Morgan fingerprint density at radius 2 is 2.03 bits per heavy atom. The number of aromatic nitrogens is 3. The van der Waals surface area contributed by atoms with Gasteiger partial charge in [-0.3, -0.25) is 4.79 Å². The molecule has 3 aromatic rings. The fraction of sp³-hybridized carbons (Fsp3) is 0.409. The monoisotopic (exact) mass is 409 g/mol. The van der Waals surface area contributed by atoms with Crippen LogP contribution < -0.4 is 5.32 Å². The molecule has 0 saturated heterocycles. The molecule has 152 valence electrons. The summed E-state index contributed by atoms with van der Waals surface area (Å²) >= 11 is 1.74. The van der Waals surface area contributed by atoms with Crippen molar-refractivity contribution < 1.29 is 4.79 Å². The Labute approximate surface area is 175 Å². The molecule has 0 aliphatic carbocycles. The molecule has 0 unspecified atom stereocenters. The van der Waals surface area contributed by atoms with Crippen LogP contribution in [-0.4, -0.2) is 50.4 Å². The van der Waals surface area contributed by atoms with E-state index in [0.29, 0.717) is 12.5 Å². The molecule has 4 rings (SSSR count). The highest BCUT2D eigenvalue weighted by Crippen LogP contribution is 2.28. The van der Waals surface area contributed by atoms with Crippen LogP contribution in [0.1, 0.15) is 29.1 Å². The van der Waals surface area contributed by atoms with Crippen LogP contribution in [0.4, 0.5) is 5.95 Å². The average molecular weight is 410 g/mol. The van der Waals surface area contributed by atoms with E-state index in [1.165, 1.54) is 10.9 Å². The second kappa shape index (κ2) is 8.45. The van der Waals surface area contributed by atoms with Crippen LogP contribution in [0, 0.1) is 13.8 Å². The molecule has 1 aliphatic rings. The first kappa shape index (κ1) is 19.8. The number of para-hydroxylation sites is 1. The summed E-state index contributed by atoms with van der Waals surface area (Å²) in [5.74, 6) is 1.55. The Kier molecular flexibility index (Phi) is 5.76. The van der Waals surface area contributed by atoms with Gasteiger partial charge in [-0.2, -0.15) is 11.8 Å². The zero-order valence-corrected chi connectivity index (χ0v) is 18.0. The van der Waals surface area contributed by atoms with Gasteiger partial charge in [0.15, 0.2) is 0 Å². The van der Waals surface area contributed by atoms with Gasteiger partial charge in [0.25, 0.3) is 0 Å². The van der Waals surface area contributed by atoms with Crippen LogP contribution >= 0.6 is 11.8 Å². The van der Waals surface area contributed by atoms with E-state index >= 15 is 0 Å². The maximum atomic E-state index is 13.4. The Bertz CT molecular complexity index is 1010. The van der Waals surface area contributed by atoms with Gasteiger partial charge < -0.3 is 15.2 Å². The van der Waals surface area contributed by atoms with Crippen molar-refractivity contribution in [3.8, 4) is 0 Å². The van der Waals surface area contributed by atoms with Crippen LogP contribution in [0.3, 0.4) is 0 Å². The third kappa shape index (κ3) is 4.24. The molecular formula is C22H27N5OS. The van der Waals surface area contributed by atoms with Gasteiger partial charge in [0.05, 0.1) is 6.54 Å². The van der Waals surface area contributed by atoms with Crippen molar-refractivity contribution in [2.24, 2.45) is 0 Å². The van der Waals surface area contributed by atoms with Crippen molar-refractivity contribution in [2.45, 2.75) is 39.3 Å². The minimum absolute atomic E-state index is 0.117. The van der Waals surface area contributed by atoms with Gasteiger partial charge in [-0.1, -0.05) is 18.2 Å². The van der Waals surface area contributed by atoms with Crippen LogP contribution in [0.5, 0.6) is 0 Å². The normalized spacial score (nSPS) is 14.7. The zero-order valence-electron chi connectivity index (χ0n) is 17.2. The molecule has 2 aromatic heterocycles. The lowest BCUT2D eigenvalue weighted by molar-refractivity contribution is -0.133. The maximum Gasteiger partial charge on any atom is 0.245 e. The number of aryl methyl sites for hydroxylation is 2. The molecular weight excluding hydrogens is 382 g/mol. The highest BCUT2D eigenvalue weighted by molar-refractivity contribution is 7.98. The lowest BCUT2D eigenvalue weighted by atomic mass is 10.0. The molecule has 1 aliphatic heterocycles. The number of amides is 1. The summed E-state index contributed by atoms with van der Waals surface area (Å²) in [6, 6.07) is 9.98. The van der Waals surface area contributed by atoms with E-state index in [2.05, 4.69) is 44.7 Å². The van der Waals surface area contributed by atoms with E-state index in [1.807, 2.05) is 30.9 Å². The number of anilines is 1. The summed E-state index contributed by atoms with van der Waals surface area (Å²) in [5.41, 5.74) is 5.44. The number of carbonyl (C=O) groups is 1. The minimum Gasteiger partial charge on any atom is -0.357 e. The number of carbonyl (C=O) groups excluding carboxylic acids is 1. The lowest BCUT2D eigenvalue weighted by Gasteiger charge is -2.31. The van der Waals surface area contributed by atoms with Crippen molar-refractivity contribution in [1.82, 2.24) is 19.9 Å². The quantitative estimate of drug-likeness (QED) is 0.649. The SMILES string of the molecule is CSCC[C@H](Nc1nc(C)cc(C)n1)C(=O)N1CCc2c([nH]c3ccccc23)C1. The summed E-state index contributed by atoms with van der Waals surface area (Å²) in [4.78, 5) is 27.8. The number of nitrogens with one attached hydrogen (secondary N) is 2. The van der Waals surface area contributed by atoms with Crippen molar-refractivity contribution in [1.29, 1.82) is 0 Å². The number of benzene rings is 1. The van der Waals surface area contributed by atoms with Gasteiger partial charge in [-0.05, 0) is 56.4 Å². The fourth-order valence-corrected chi connectivity index (χ4v) is 4.51. The van der Waals surface area contributed by atoms with Gasteiger partial charge in [0.2, 0.25) is 11.9 Å². The zero-order chi connectivity index (χ0) is 20.4. The van der Waals surface area contributed by atoms with E-state index in [4.69, 9.17) is 0 Å². The smallest absolute Gasteiger partial charge is 0.245 e. The average Bonchev–Trinajstić information content (AvgIpc) is 3.07. The summed E-state index contributed by atoms with van der Waals surface area (Å²) in [7, 11) is 0. The first-order chi connectivity index (χ1) is 14.0. The van der Waals surface area contributed by atoms with Crippen LogP contribution in [0.15, 0.2) is 30.3 Å². The molecule has 2 N–H and O–H groups in total. The first-order valence-corrected chi connectivity index (χ1v) is 11.4. The van der Waals surface area contributed by atoms with Gasteiger partial charge in [-0.25, -0.2) is 9.97 Å². The molecule has 0 bridgehead atoms. The van der Waals surface area contributed by atoms with Crippen molar-refractivity contribution in [2.75, 3.05) is 23.9 Å². The number of aromatic amines is 1. The number of fused-ring (bicyclic) bond motifs is 3. The third-order valence-electron chi connectivity index (χ3n) is 5.39. The molecule has 1 amide bonds. The molecule has 0 radical (unpaired) electrons. The molecule has 29 heavy (non-hydrogen) atoms. The lowest BCUT2D eigenvalue weighted by Crippen LogP contribution is -2.45. The predicted octanol–water partition coefficient (Wildman–Crippen LogP) is 3.69. The Morgan fingerprint density at radius 1 is 1.28 bits per heavy atom. The molecule has 7 heteroatoms. The summed E-state index contributed by atoms with van der Waals surface area (Å²) in [5, 5.41) is 4.58. The molecule has 1 atom stereocenters. The second-order valence-corrected chi connectivity index (χ2v) is 8.58.